The summed E-state index contributed by atoms with van der Waals surface area (Å²) < 4.78 is 11.2. The lowest BCUT2D eigenvalue weighted by atomic mass is 9.99. The molecule has 0 radical (unpaired) electrons. The fourth-order valence-corrected chi connectivity index (χ4v) is 7.71. The molecule has 0 aromatic rings. The largest absolute Gasteiger partial charge is 0.394 e. The zero-order valence-electron chi connectivity index (χ0n) is 40.1. The number of nitrogens with one attached hydrogen (secondary N) is 1. The fourth-order valence-electron chi connectivity index (χ4n) is 7.71. The maximum absolute atomic E-state index is 13.0. The number of aliphatic hydroxyl groups excluding tert-OH is 5. The number of hydrogen-bond donors (Lipinski definition) is 6. The monoisotopic (exact) mass is 886 g/mol. The lowest BCUT2D eigenvalue weighted by Gasteiger charge is -2.40. The van der Waals surface area contributed by atoms with Crippen molar-refractivity contribution >= 4 is 5.91 Å². The quantitative estimate of drug-likeness (QED) is 0.0262. The summed E-state index contributed by atoms with van der Waals surface area (Å²) in [6, 6.07) is -0.819. The van der Waals surface area contributed by atoms with Gasteiger partial charge in [-0.2, -0.15) is 0 Å². The Hall–Kier alpha value is -2.37. The SMILES string of the molecule is CC/C=C\C/C=C\C/C=C\C/C=C\C/C=C\CCCCCCCC(=O)NC(COC1OC(CO)C(O)C(O)C1O)C(O)/C=C/CCCCCCCCCCCCCCCCCCC. The number of carbonyl (C=O) groups excluding carboxylic acids is 1. The van der Waals surface area contributed by atoms with E-state index in [0.717, 1.165) is 89.9 Å². The van der Waals surface area contributed by atoms with Crippen LogP contribution in [0.25, 0.3) is 0 Å². The summed E-state index contributed by atoms with van der Waals surface area (Å²) in [5, 5.41) is 54.4. The van der Waals surface area contributed by atoms with Crippen LogP contribution in [0.1, 0.15) is 206 Å². The average Bonchev–Trinajstić information content (AvgIpc) is 3.28. The van der Waals surface area contributed by atoms with Gasteiger partial charge in [0, 0.05) is 6.42 Å². The molecule has 1 aliphatic heterocycles. The summed E-state index contributed by atoms with van der Waals surface area (Å²) in [6.45, 7) is 3.65. The molecule has 0 spiro atoms. The molecule has 364 valence electrons. The number of aliphatic hydroxyl groups is 5. The molecule has 9 heteroatoms. The second-order valence-electron chi connectivity index (χ2n) is 17.6. The van der Waals surface area contributed by atoms with Crippen LogP contribution in [0.2, 0.25) is 0 Å². The van der Waals surface area contributed by atoms with Gasteiger partial charge in [0.25, 0.3) is 0 Å². The average molecular weight is 886 g/mol. The van der Waals surface area contributed by atoms with Crippen LogP contribution in [0, 0.1) is 0 Å². The van der Waals surface area contributed by atoms with Crippen molar-refractivity contribution in [1.82, 2.24) is 5.32 Å². The van der Waals surface area contributed by atoms with Crippen molar-refractivity contribution < 1.29 is 39.8 Å². The molecule has 0 aromatic heterocycles. The van der Waals surface area contributed by atoms with Crippen LogP contribution in [0.4, 0.5) is 0 Å². The standard InChI is InChI=1S/C54H95NO8/c1-3-5-7-9-11-13-15-17-19-21-23-24-26-28-30-32-34-36-38-40-42-44-50(58)55-47(46-62-54-53(61)52(60)51(59)49(45-56)63-54)48(57)43-41-39-37-35-33-31-29-27-25-22-20-18-16-14-12-10-8-6-4-2/h5,7,11,13,17,19,23-24,28,30,41,43,47-49,51-54,56-57,59-61H,3-4,6,8-10,12,14-16,18,20-22,25-27,29,31-40,42,44-46H2,1-2H3,(H,55,58)/b7-5-,13-11-,19-17-,24-23-,30-28-,43-41+. The lowest BCUT2D eigenvalue weighted by Crippen LogP contribution is -2.60. The van der Waals surface area contributed by atoms with E-state index in [1.807, 2.05) is 6.08 Å². The molecule has 0 bridgehead atoms. The maximum Gasteiger partial charge on any atom is 0.220 e. The summed E-state index contributed by atoms with van der Waals surface area (Å²) in [7, 11) is 0. The molecule has 9 nitrogen and oxygen atoms in total. The first kappa shape index (κ1) is 58.6. The number of amides is 1. The zero-order chi connectivity index (χ0) is 45.9. The molecule has 1 amide bonds. The zero-order valence-corrected chi connectivity index (χ0v) is 40.1. The van der Waals surface area contributed by atoms with E-state index in [1.54, 1.807) is 6.08 Å². The van der Waals surface area contributed by atoms with Crippen LogP contribution < -0.4 is 5.32 Å². The number of unbranched alkanes of at least 4 members (excludes halogenated alkanes) is 22. The molecule has 1 rings (SSSR count). The number of ether oxygens (including phenoxy) is 2. The van der Waals surface area contributed by atoms with Crippen molar-refractivity contribution in [2.24, 2.45) is 0 Å². The summed E-state index contributed by atoms with van der Waals surface area (Å²) in [5.74, 6) is -0.197. The summed E-state index contributed by atoms with van der Waals surface area (Å²) in [6.07, 6.45) is 52.3. The van der Waals surface area contributed by atoms with E-state index in [4.69, 9.17) is 9.47 Å². The molecule has 1 heterocycles. The summed E-state index contributed by atoms with van der Waals surface area (Å²) in [5.41, 5.74) is 0. The molecule has 1 fully saturated rings. The third-order valence-electron chi connectivity index (χ3n) is 11.8. The van der Waals surface area contributed by atoms with Gasteiger partial charge in [-0.05, 0) is 64.2 Å². The molecular formula is C54H95NO8. The molecule has 63 heavy (non-hydrogen) atoms. The second-order valence-corrected chi connectivity index (χ2v) is 17.6. The molecule has 1 saturated heterocycles. The van der Waals surface area contributed by atoms with Crippen molar-refractivity contribution in [3.63, 3.8) is 0 Å². The molecular weight excluding hydrogens is 791 g/mol. The van der Waals surface area contributed by atoms with E-state index < -0.39 is 49.5 Å². The van der Waals surface area contributed by atoms with Crippen molar-refractivity contribution in [3.05, 3.63) is 72.9 Å². The molecule has 6 N–H and O–H groups in total. The van der Waals surface area contributed by atoms with E-state index in [2.05, 4.69) is 79.9 Å². The van der Waals surface area contributed by atoms with Crippen LogP contribution in [0.3, 0.4) is 0 Å². The number of rotatable bonds is 42. The van der Waals surface area contributed by atoms with Gasteiger partial charge in [0.2, 0.25) is 5.91 Å². The number of hydrogen-bond acceptors (Lipinski definition) is 8. The van der Waals surface area contributed by atoms with Gasteiger partial charge < -0.3 is 40.3 Å². The summed E-state index contributed by atoms with van der Waals surface area (Å²) in [4.78, 5) is 13.0. The van der Waals surface area contributed by atoms with Crippen molar-refractivity contribution in [2.45, 2.75) is 249 Å². The van der Waals surface area contributed by atoms with E-state index in [9.17, 15) is 30.3 Å². The fraction of sp³-hybridized carbons (Fsp3) is 0.759. The molecule has 0 aromatic carbocycles. The Morgan fingerprint density at radius 3 is 1.46 bits per heavy atom. The van der Waals surface area contributed by atoms with Gasteiger partial charge in [-0.25, -0.2) is 0 Å². The lowest BCUT2D eigenvalue weighted by molar-refractivity contribution is -0.302. The molecule has 7 atom stereocenters. The van der Waals surface area contributed by atoms with E-state index in [0.29, 0.717) is 6.42 Å². The Kier molecular flexibility index (Phi) is 40.5. The molecule has 0 saturated carbocycles. The number of allylic oxidation sites excluding steroid dienone is 11. The topological polar surface area (TPSA) is 149 Å². The highest BCUT2D eigenvalue weighted by Gasteiger charge is 2.44. The predicted molar refractivity (Wildman–Crippen MR) is 262 cm³/mol. The van der Waals surface area contributed by atoms with Gasteiger partial charge in [-0.3, -0.25) is 4.79 Å². The maximum atomic E-state index is 13.0. The van der Waals surface area contributed by atoms with E-state index >= 15 is 0 Å². The van der Waals surface area contributed by atoms with Crippen molar-refractivity contribution in [3.8, 4) is 0 Å². The van der Waals surface area contributed by atoms with E-state index in [-0.39, 0.29) is 12.5 Å². The Morgan fingerprint density at radius 2 is 0.984 bits per heavy atom. The normalized spacial score (nSPS) is 20.8. The van der Waals surface area contributed by atoms with Crippen LogP contribution >= 0.6 is 0 Å². The second kappa shape index (κ2) is 43.5. The van der Waals surface area contributed by atoms with E-state index in [1.165, 1.54) is 96.3 Å². The van der Waals surface area contributed by atoms with Gasteiger partial charge in [-0.1, -0.05) is 209 Å². The Morgan fingerprint density at radius 1 is 0.556 bits per heavy atom. The third-order valence-corrected chi connectivity index (χ3v) is 11.8. The van der Waals surface area contributed by atoms with Crippen LogP contribution in [0.5, 0.6) is 0 Å². The Bertz CT molecular complexity index is 1210. The first-order valence-corrected chi connectivity index (χ1v) is 25.7. The minimum absolute atomic E-state index is 0.197. The Labute approximate surface area is 385 Å². The highest BCUT2D eigenvalue weighted by molar-refractivity contribution is 5.76. The first-order chi connectivity index (χ1) is 30.8. The van der Waals surface area contributed by atoms with Crippen LogP contribution in [-0.2, 0) is 14.3 Å². The van der Waals surface area contributed by atoms with Gasteiger partial charge in [0.05, 0.1) is 25.4 Å². The smallest absolute Gasteiger partial charge is 0.220 e. The summed E-state index contributed by atoms with van der Waals surface area (Å²) >= 11 is 0. The van der Waals surface area contributed by atoms with Crippen LogP contribution in [0.15, 0.2) is 72.9 Å². The minimum Gasteiger partial charge on any atom is -0.394 e. The first-order valence-electron chi connectivity index (χ1n) is 25.7. The molecule has 7 unspecified atom stereocenters. The minimum atomic E-state index is -1.57. The van der Waals surface area contributed by atoms with Gasteiger partial charge in [0.15, 0.2) is 6.29 Å². The van der Waals surface area contributed by atoms with Crippen molar-refractivity contribution in [1.29, 1.82) is 0 Å². The highest BCUT2D eigenvalue weighted by atomic mass is 16.7. The van der Waals surface area contributed by atoms with Crippen molar-refractivity contribution in [2.75, 3.05) is 13.2 Å². The van der Waals surface area contributed by atoms with Gasteiger partial charge in [-0.15, -0.1) is 0 Å². The Balaban J connectivity index is 2.33. The third kappa shape index (κ3) is 33.7. The number of carbonyl (C=O) groups is 1. The molecule has 0 aliphatic carbocycles. The highest BCUT2D eigenvalue weighted by Crippen LogP contribution is 2.23. The molecule has 1 aliphatic rings. The van der Waals surface area contributed by atoms with Gasteiger partial charge >= 0.3 is 0 Å². The van der Waals surface area contributed by atoms with Crippen LogP contribution in [-0.4, -0.2) is 87.5 Å². The van der Waals surface area contributed by atoms with Gasteiger partial charge in [0.1, 0.15) is 24.4 Å². The predicted octanol–water partition coefficient (Wildman–Crippen LogP) is 11.7.